The van der Waals surface area contributed by atoms with Gasteiger partial charge in [0, 0.05) is 18.7 Å². The van der Waals surface area contributed by atoms with Gasteiger partial charge in [0.15, 0.2) is 0 Å². The maximum atomic E-state index is 13.6. The summed E-state index contributed by atoms with van der Waals surface area (Å²) in [5, 5.41) is 4.92. The van der Waals surface area contributed by atoms with Crippen molar-refractivity contribution in [1.82, 2.24) is 35.1 Å². The number of carbonyl (C=O) groups excluding carboxylic acids is 3. The third-order valence-electron chi connectivity index (χ3n) is 11.4. The van der Waals surface area contributed by atoms with E-state index in [0.717, 1.165) is 87.3 Å². The van der Waals surface area contributed by atoms with Crippen LogP contribution in [0.3, 0.4) is 0 Å². The molecule has 0 unspecified atom stereocenters. The van der Waals surface area contributed by atoms with Crippen molar-refractivity contribution in [2.75, 3.05) is 20.2 Å². The van der Waals surface area contributed by atoms with Gasteiger partial charge in [-0.05, 0) is 76.8 Å². The molecule has 6 aromatic rings. The van der Waals surface area contributed by atoms with Crippen LogP contribution in [0.5, 0.6) is 0 Å². The van der Waals surface area contributed by atoms with Crippen molar-refractivity contribution in [3.63, 3.8) is 0 Å². The maximum Gasteiger partial charge on any atom is 0.407 e. The molecule has 4 atom stereocenters. The van der Waals surface area contributed by atoms with Crippen LogP contribution in [0.1, 0.15) is 74.9 Å². The van der Waals surface area contributed by atoms with Crippen molar-refractivity contribution in [2.24, 2.45) is 11.7 Å². The van der Waals surface area contributed by atoms with Crippen LogP contribution in [0.2, 0.25) is 0 Å². The number of amides is 3. The van der Waals surface area contributed by atoms with Crippen molar-refractivity contribution in [2.45, 2.75) is 63.7 Å². The maximum absolute atomic E-state index is 13.6. The number of aromatic amines is 2. The highest BCUT2D eigenvalue weighted by Crippen LogP contribution is 2.36. The van der Waals surface area contributed by atoms with Crippen LogP contribution >= 0.6 is 0 Å². The van der Waals surface area contributed by atoms with Crippen LogP contribution in [0.25, 0.3) is 44.4 Å². The lowest BCUT2D eigenvalue weighted by molar-refractivity contribution is -0.135. The Hall–Kier alpha value is -6.27. The van der Waals surface area contributed by atoms with Gasteiger partial charge in [-0.3, -0.25) is 9.59 Å². The fraction of sp³-hybridized carbons (Fsp3) is 0.311. The van der Waals surface area contributed by atoms with E-state index in [2.05, 4.69) is 75.9 Å². The summed E-state index contributed by atoms with van der Waals surface area (Å²) in [5.74, 6) is 1.20. The molecule has 0 aliphatic carbocycles. The predicted molar refractivity (Wildman–Crippen MR) is 219 cm³/mol. The van der Waals surface area contributed by atoms with Crippen molar-refractivity contribution < 1.29 is 19.1 Å². The van der Waals surface area contributed by atoms with Crippen LogP contribution in [-0.4, -0.2) is 73.9 Å². The van der Waals surface area contributed by atoms with Gasteiger partial charge >= 0.3 is 6.09 Å². The Morgan fingerprint density at radius 2 is 1.25 bits per heavy atom. The van der Waals surface area contributed by atoms with Gasteiger partial charge in [-0.2, -0.15) is 0 Å². The molecular weight excluding hydrogens is 717 g/mol. The minimum Gasteiger partial charge on any atom is -0.453 e. The minimum atomic E-state index is -0.702. The predicted octanol–water partition coefficient (Wildman–Crippen LogP) is 7.69. The molecule has 8 rings (SSSR count). The number of nitrogens with zero attached hydrogens (tertiary/aromatic N) is 4. The normalized spacial score (nSPS) is 17.9. The number of likely N-dealkylation sites (tertiary alicyclic amines) is 2. The minimum absolute atomic E-state index is 0.0816. The molecule has 2 saturated heterocycles. The van der Waals surface area contributed by atoms with E-state index >= 15 is 0 Å². The lowest BCUT2D eigenvalue weighted by Gasteiger charge is -2.30. The number of methoxy groups -OCH3 is 1. The molecule has 3 amide bonds. The summed E-state index contributed by atoms with van der Waals surface area (Å²) < 4.78 is 4.77. The van der Waals surface area contributed by atoms with Gasteiger partial charge < -0.3 is 35.6 Å². The molecule has 0 saturated carbocycles. The lowest BCUT2D eigenvalue weighted by Crippen LogP contribution is -2.51. The first-order valence-corrected chi connectivity index (χ1v) is 19.7. The van der Waals surface area contributed by atoms with Gasteiger partial charge in [0.1, 0.15) is 23.7 Å². The number of fused-ring (bicyclic) bond motifs is 1. The first-order valence-electron chi connectivity index (χ1n) is 19.7. The molecule has 5 N–H and O–H groups in total. The Morgan fingerprint density at radius 1 is 0.719 bits per heavy atom. The molecule has 4 aromatic carbocycles. The van der Waals surface area contributed by atoms with Crippen LogP contribution in [0, 0.1) is 5.92 Å². The van der Waals surface area contributed by atoms with Crippen molar-refractivity contribution in [3.8, 4) is 33.6 Å². The number of carbonyl (C=O) groups is 3. The van der Waals surface area contributed by atoms with Crippen LogP contribution < -0.4 is 11.1 Å². The average Bonchev–Trinajstić information content (AvgIpc) is 4.09. The van der Waals surface area contributed by atoms with E-state index in [1.807, 2.05) is 66.4 Å². The standard InChI is InChI=1S/C45H48N8O4/c1-27(2)40(51-45(56)57-3)44(55)53-22-8-12-38(53)42-48-26-36(50-42)34-20-19-32-23-31(17-18-33(32)24-34)28-13-15-29(16-14-28)35-25-47-41(49-35)37-11-7-21-52(37)43(54)39(46)30-9-5-4-6-10-30/h4-6,9-10,13-20,23-27,37-40H,7-8,11-12,21-22,46H2,1-3H3,(H,47,49)(H,48,50)(H,51,56)/t37-,38-,39+,40-/m0/s1. The van der Waals surface area contributed by atoms with E-state index in [-0.39, 0.29) is 29.8 Å². The summed E-state index contributed by atoms with van der Waals surface area (Å²) in [6.45, 7) is 5.08. The summed E-state index contributed by atoms with van der Waals surface area (Å²) >= 11 is 0. The Kier molecular flexibility index (Phi) is 10.6. The molecule has 2 aliphatic rings. The lowest BCUT2D eigenvalue weighted by atomic mass is 9.98. The van der Waals surface area contributed by atoms with Crippen molar-refractivity contribution in [1.29, 1.82) is 0 Å². The molecule has 0 bridgehead atoms. The number of nitrogens with one attached hydrogen (secondary N) is 3. The van der Waals surface area contributed by atoms with Gasteiger partial charge in [0.25, 0.3) is 0 Å². The Morgan fingerprint density at radius 3 is 1.84 bits per heavy atom. The van der Waals surface area contributed by atoms with Crippen LogP contribution in [-0.2, 0) is 14.3 Å². The summed E-state index contributed by atoms with van der Waals surface area (Å²) in [6.07, 6.45) is 6.44. The van der Waals surface area contributed by atoms with Crippen molar-refractivity contribution in [3.05, 3.63) is 121 Å². The third kappa shape index (κ3) is 7.65. The zero-order valence-electron chi connectivity index (χ0n) is 32.4. The number of nitrogens with two attached hydrogens (primary N) is 1. The van der Waals surface area contributed by atoms with E-state index in [9.17, 15) is 14.4 Å². The van der Waals surface area contributed by atoms with Gasteiger partial charge in [0.05, 0.1) is 43.0 Å². The van der Waals surface area contributed by atoms with Gasteiger partial charge in [0.2, 0.25) is 11.8 Å². The molecule has 4 heterocycles. The number of hydrogen-bond donors (Lipinski definition) is 4. The van der Waals surface area contributed by atoms with E-state index in [1.165, 1.54) is 7.11 Å². The zero-order valence-corrected chi connectivity index (χ0v) is 32.4. The summed E-state index contributed by atoms with van der Waals surface area (Å²) in [4.78, 5) is 59.0. The Balaban J connectivity index is 0.940. The molecule has 0 radical (unpaired) electrons. The van der Waals surface area contributed by atoms with Crippen LogP contribution in [0.4, 0.5) is 4.79 Å². The first-order chi connectivity index (χ1) is 27.7. The average molecular weight is 765 g/mol. The Bertz CT molecular complexity index is 2390. The highest BCUT2D eigenvalue weighted by atomic mass is 16.5. The monoisotopic (exact) mass is 764 g/mol. The van der Waals surface area contributed by atoms with E-state index in [0.29, 0.717) is 13.1 Å². The number of imidazole rings is 2. The summed E-state index contributed by atoms with van der Waals surface area (Å²) in [7, 11) is 1.30. The van der Waals surface area contributed by atoms with Crippen LogP contribution in [0.15, 0.2) is 103 Å². The highest BCUT2D eigenvalue weighted by molar-refractivity contribution is 5.91. The number of alkyl carbamates (subject to hydrolysis) is 1. The second-order valence-electron chi connectivity index (χ2n) is 15.3. The highest BCUT2D eigenvalue weighted by Gasteiger charge is 2.38. The first kappa shape index (κ1) is 37.6. The van der Waals surface area contributed by atoms with E-state index < -0.39 is 18.2 Å². The molecule has 292 valence electrons. The fourth-order valence-corrected chi connectivity index (χ4v) is 8.23. The van der Waals surface area contributed by atoms with Gasteiger partial charge in [-0.25, -0.2) is 14.8 Å². The van der Waals surface area contributed by atoms with Crippen molar-refractivity contribution >= 4 is 28.7 Å². The molecule has 2 aliphatic heterocycles. The zero-order chi connectivity index (χ0) is 39.6. The SMILES string of the molecule is COC(=O)N[C@H](C(=O)N1CCC[C@H]1c1ncc(-c2ccc3cc(-c4ccc(-c5cnc([C@@H]6CCCN6C(=O)[C@H](N)c6ccccc6)[nH]5)cc4)ccc3c2)[nH]1)C(C)C. The quantitative estimate of drug-likeness (QED) is 0.111. The van der Waals surface area contributed by atoms with E-state index in [1.54, 1.807) is 0 Å². The number of ether oxygens (including phenoxy) is 1. The fourth-order valence-electron chi connectivity index (χ4n) is 8.23. The molecular formula is C45H48N8O4. The topological polar surface area (TPSA) is 162 Å². The Labute approximate surface area is 331 Å². The van der Waals surface area contributed by atoms with Gasteiger partial charge in [-0.1, -0.05) is 92.7 Å². The molecule has 57 heavy (non-hydrogen) atoms. The number of aromatic nitrogens is 4. The largest absolute Gasteiger partial charge is 0.453 e. The molecule has 12 heteroatoms. The number of benzene rings is 4. The number of H-pyrrole nitrogens is 2. The third-order valence-corrected chi connectivity index (χ3v) is 11.4. The molecule has 2 fully saturated rings. The number of hydrogen-bond acceptors (Lipinski definition) is 7. The smallest absolute Gasteiger partial charge is 0.407 e. The second kappa shape index (κ2) is 16.1. The van der Waals surface area contributed by atoms with E-state index in [4.69, 9.17) is 20.4 Å². The molecule has 0 spiro atoms. The number of rotatable bonds is 10. The van der Waals surface area contributed by atoms with Gasteiger partial charge in [-0.15, -0.1) is 0 Å². The summed E-state index contributed by atoms with van der Waals surface area (Å²) in [6, 6.07) is 29.0. The summed E-state index contributed by atoms with van der Waals surface area (Å²) in [5.41, 5.74) is 13.2. The second-order valence-corrected chi connectivity index (χ2v) is 15.3. The molecule has 12 nitrogen and oxygen atoms in total. The molecule has 2 aromatic heterocycles.